The number of nitrogens with zero attached hydrogens (tertiary/aromatic N) is 1. The fraction of sp³-hybridized carbons (Fsp3) is 0.348. The van der Waals surface area contributed by atoms with Crippen molar-refractivity contribution in [3.05, 3.63) is 42.0 Å². The fourth-order valence-electron chi connectivity index (χ4n) is 3.36. The molecule has 1 unspecified atom stereocenters. The van der Waals surface area contributed by atoms with Crippen LogP contribution in [0.4, 0.5) is 11.4 Å². The summed E-state index contributed by atoms with van der Waals surface area (Å²) in [4.78, 5) is 39.3. The Hall–Kier alpha value is -3.55. The van der Waals surface area contributed by atoms with E-state index in [1.165, 1.54) is 19.1 Å². The Labute approximate surface area is 181 Å². The quantitative estimate of drug-likeness (QED) is 0.650. The zero-order chi connectivity index (χ0) is 22.5. The first kappa shape index (κ1) is 22.1. The predicted octanol–water partition coefficient (Wildman–Crippen LogP) is 3.44. The van der Waals surface area contributed by atoms with Crippen LogP contribution in [0.1, 0.15) is 37.0 Å². The highest BCUT2D eigenvalue weighted by atomic mass is 16.5. The van der Waals surface area contributed by atoms with E-state index in [1.54, 1.807) is 43.3 Å². The van der Waals surface area contributed by atoms with Crippen LogP contribution in [-0.2, 0) is 9.59 Å². The number of benzene rings is 2. The Morgan fingerprint density at radius 1 is 1.13 bits per heavy atom. The molecule has 0 bridgehead atoms. The molecule has 1 N–H and O–H groups in total. The van der Waals surface area contributed by atoms with Crippen LogP contribution < -0.4 is 24.4 Å². The number of hydrogen-bond donors (Lipinski definition) is 1. The smallest absolute Gasteiger partial charge is 0.268 e. The molecule has 1 aliphatic rings. The summed E-state index contributed by atoms with van der Waals surface area (Å²) in [6.45, 7) is 3.30. The van der Waals surface area contributed by atoms with Crippen LogP contribution in [0.3, 0.4) is 0 Å². The monoisotopic (exact) mass is 426 g/mol. The molecule has 8 heteroatoms. The largest absolute Gasteiger partial charge is 0.497 e. The van der Waals surface area contributed by atoms with E-state index in [1.807, 2.05) is 6.92 Å². The minimum absolute atomic E-state index is 0.0260. The highest BCUT2D eigenvalue weighted by Gasteiger charge is 2.33. The van der Waals surface area contributed by atoms with Crippen LogP contribution in [0, 0.1) is 0 Å². The Balaban J connectivity index is 1.87. The van der Waals surface area contributed by atoms with Crippen molar-refractivity contribution in [3.63, 3.8) is 0 Å². The molecule has 164 valence electrons. The van der Waals surface area contributed by atoms with Crippen molar-refractivity contribution in [1.29, 1.82) is 0 Å². The number of ketones is 1. The molecule has 1 aliphatic heterocycles. The van der Waals surface area contributed by atoms with Crippen molar-refractivity contribution in [2.24, 2.45) is 0 Å². The lowest BCUT2D eigenvalue weighted by Gasteiger charge is -2.33. The van der Waals surface area contributed by atoms with Crippen molar-refractivity contribution in [2.75, 3.05) is 31.0 Å². The third kappa shape index (κ3) is 4.79. The lowest BCUT2D eigenvalue weighted by atomic mass is 10.0. The molecule has 2 aromatic carbocycles. The molecule has 0 aromatic heterocycles. The Morgan fingerprint density at radius 2 is 1.90 bits per heavy atom. The second-order valence-electron chi connectivity index (χ2n) is 7.15. The molecular formula is C23H26N2O6. The van der Waals surface area contributed by atoms with Gasteiger partial charge in [-0.3, -0.25) is 19.3 Å². The first-order valence-electron chi connectivity index (χ1n) is 10.0. The molecule has 0 radical (unpaired) electrons. The van der Waals surface area contributed by atoms with Gasteiger partial charge in [-0.15, -0.1) is 0 Å². The van der Waals surface area contributed by atoms with Gasteiger partial charge in [0, 0.05) is 18.1 Å². The van der Waals surface area contributed by atoms with Crippen LogP contribution >= 0.6 is 0 Å². The SMILES string of the molecule is CCCC(=O)c1ccc2c(c1)N(CC(=O)Nc1cc(OC)ccc1OC)C(=O)C(C)O2. The van der Waals surface area contributed by atoms with Crippen molar-refractivity contribution < 1.29 is 28.6 Å². The van der Waals surface area contributed by atoms with Gasteiger partial charge in [0.05, 0.1) is 25.6 Å². The van der Waals surface area contributed by atoms with Crippen molar-refractivity contribution in [3.8, 4) is 17.2 Å². The second-order valence-corrected chi connectivity index (χ2v) is 7.15. The summed E-state index contributed by atoms with van der Waals surface area (Å²) in [6, 6.07) is 9.98. The molecule has 1 atom stereocenters. The maximum absolute atomic E-state index is 12.8. The normalized spacial score (nSPS) is 15.0. The number of anilines is 2. The topological polar surface area (TPSA) is 94.2 Å². The van der Waals surface area contributed by atoms with Gasteiger partial charge in [0.2, 0.25) is 5.91 Å². The van der Waals surface area contributed by atoms with E-state index in [0.29, 0.717) is 40.6 Å². The van der Waals surface area contributed by atoms with E-state index in [4.69, 9.17) is 14.2 Å². The van der Waals surface area contributed by atoms with Gasteiger partial charge >= 0.3 is 0 Å². The average molecular weight is 426 g/mol. The molecule has 0 saturated carbocycles. The maximum atomic E-state index is 12.8. The van der Waals surface area contributed by atoms with E-state index in [-0.39, 0.29) is 18.2 Å². The van der Waals surface area contributed by atoms with Gasteiger partial charge in [0.25, 0.3) is 5.91 Å². The van der Waals surface area contributed by atoms with E-state index in [2.05, 4.69) is 5.32 Å². The van der Waals surface area contributed by atoms with E-state index in [0.717, 1.165) is 6.42 Å². The van der Waals surface area contributed by atoms with Gasteiger partial charge in [0.15, 0.2) is 11.9 Å². The average Bonchev–Trinajstić information content (AvgIpc) is 2.76. The third-order valence-electron chi connectivity index (χ3n) is 4.95. The Bertz CT molecular complexity index is 1000. The number of amides is 2. The minimum atomic E-state index is -0.746. The molecule has 0 aliphatic carbocycles. The van der Waals surface area contributed by atoms with Crippen LogP contribution in [0.15, 0.2) is 36.4 Å². The van der Waals surface area contributed by atoms with Crippen LogP contribution in [0.25, 0.3) is 0 Å². The lowest BCUT2D eigenvalue weighted by Crippen LogP contribution is -2.47. The van der Waals surface area contributed by atoms with Crippen LogP contribution in [0.5, 0.6) is 17.2 Å². The van der Waals surface area contributed by atoms with Crippen LogP contribution in [-0.4, -0.2) is 44.5 Å². The number of methoxy groups -OCH3 is 2. The summed E-state index contributed by atoms with van der Waals surface area (Å²) in [6.07, 6.45) is 0.376. The highest BCUT2D eigenvalue weighted by molar-refractivity contribution is 6.07. The van der Waals surface area contributed by atoms with Gasteiger partial charge in [-0.05, 0) is 43.7 Å². The number of carbonyl (C=O) groups is 3. The molecule has 0 spiro atoms. The molecule has 0 saturated heterocycles. The van der Waals surface area contributed by atoms with Crippen molar-refractivity contribution in [1.82, 2.24) is 0 Å². The van der Waals surface area contributed by atoms with Crippen molar-refractivity contribution in [2.45, 2.75) is 32.8 Å². The molecule has 3 rings (SSSR count). The van der Waals surface area contributed by atoms with Crippen molar-refractivity contribution >= 4 is 29.0 Å². The standard InChI is InChI=1S/C23H26N2O6/c1-5-6-19(26)15-7-9-21-18(11-15)25(23(28)14(2)31-21)13-22(27)24-17-12-16(29-3)8-10-20(17)30-4/h7-12,14H,5-6,13H2,1-4H3,(H,24,27). The van der Waals surface area contributed by atoms with Gasteiger partial charge in [-0.1, -0.05) is 6.92 Å². The molecule has 31 heavy (non-hydrogen) atoms. The number of nitrogens with one attached hydrogen (secondary N) is 1. The highest BCUT2D eigenvalue weighted by Crippen LogP contribution is 2.35. The predicted molar refractivity (Wildman–Crippen MR) is 116 cm³/mol. The van der Waals surface area contributed by atoms with E-state index < -0.39 is 12.0 Å². The molecule has 8 nitrogen and oxygen atoms in total. The number of hydrogen-bond acceptors (Lipinski definition) is 6. The van der Waals surface area contributed by atoms with Gasteiger partial charge in [0.1, 0.15) is 23.8 Å². The number of fused-ring (bicyclic) bond motifs is 1. The summed E-state index contributed by atoms with van der Waals surface area (Å²) in [5, 5.41) is 2.76. The van der Waals surface area contributed by atoms with Gasteiger partial charge in [-0.2, -0.15) is 0 Å². The first-order chi connectivity index (χ1) is 14.9. The van der Waals surface area contributed by atoms with Gasteiger partial charge in [-0.25, -0.2) is 0 Å². The number of rotatable bonds is 8. The Kier molecular flexibility index (Phi) is 6.79. The number of carbonyl (C=O) groups excluding carboxylic acids is 3. The summed E-state index contributed by atoms with van der Waals surface area (Å²) < 4.78 is 16.2. The first-order valence-corrected chi connectivity index (χ1v) is 10.0. The van der Waals surface area contributed by atoms with E-state index >= 15 is 0 Å². The summed E-state index contributed by atoms with van der Waals surface area (Å²) >= 11 is 0. The minimum Gasteiger partial charge on any atom is -0.497 e. The molecule has 0 fully saturated rings. The molecule has 2 aromatic rings. The maximum Gasteiger partial charge on any atom is 0.268 e. The molecule has 2 amide bonds. The summed E-state index contributed by atoms with van der Waals surface area (Å²) in [5.41, 5.74) is 1.30. The van der Waals surface area contributed by atoms with Gasteiger partial charge < -0.3 is 19.5 Å². The molecular weight excluding hydrogens is 400 g/mol. The zero-order valence-electron chi connectivity index (χ0n) is 18.1. The number of ether oxygens (including phenoxy) is 3. The van der Waals surface area contributed by atoms with Crippen LogP contribution in [0.2, 0.25) is 0 Å². The van der Waals surface area contributed by atoms with E-state index in [9.17, 15) is 14.4 Å². The number of Topliss-reactive ketones (excluding diaryl/α,β-unsaturated/α-hetero) is 1. The lowest BCUT2D eigenvalue weighted by molar-refractivity contribution is -0.127. The zero-order valence-corrected chi connectivity index (χ0v) is 18.1. The second kappa shape index (κ2) is 9.51. The summed E-state index contributed by atoms with van der Waals surface area (Å²) in [5.74, 6) is 0.652. The third-order valence-corrected chi connectivity index (χ3v) is 4.95. The summed E-state index contributed by atoms with van der Waals surface area (Å²) in [7, 11) is 3.02. The fourth-order valence-corrected chi connectivity index (χ4v) is 3.36. The Morgan fingerprint density at radius 3 is 2.58 bits per heavy atom. The molecule has 1 heterocycles.